The van der Waals surface area contributed by atoms with Crippen LogP contribution in [0.4, 0.5) is 26.3 Å². The van der Waals surface area contributed by atoms with E-state index >= 15 is 4.39 Å². The van der Waals surface area contributed by atoms with Gasteiger partial charge in [-0.25, -0.2) is 27.4 Å². The maximum Gasteiger partial charge on any atom is 0.355 e. The zero-order chi connectivity index (χ0) is 31.6. The van der Waals surface area contributed by atoms with Crippen molar-refractivity contribution in [2.75, 3.05) is 0 Å². The quantitative estimate of drug-likeness (QED) is 0.0467. The van der Waals surface area contributed by atoms with Crippen molar-refractivity contribution in [3.8, 4) is 11.5 Å². The molecule has 0 aliphatic rings. The fraction of sp³-hybridized carbons (Fsp3) is 0.214. The predicted molar refractivity (Wildman–Crippen MR) is 145 cm³/mol. The molecular formula is C28H22F6NO6PS. The maximum absolute atomic E-state index is 16.1. The van der Waals surface area contributed by atoms with Gasteiger partial charge in [-0.2, -0.15) is 8.78 Å². The van der Waals surface area contributed by atoms with Crippen LogP contribution in [0.1, 0.15) is 41.9 Å². The summed E-state index contributed by atoms with van der Waals surface area (Å²) in [5.74, 6) is -18.0. The number of halogens is 6. The number of carbonyl (C=O) groups is 2. The summed E-state index contributed by atoms with van der Waals surface area (Å²) >= 11 is 0.718. The number of para-hydroxylation sites is 1. The van der Waals surface area contributed by atoms with E-state index in [0.29, 0.717) is 4.70 Å². The maximum atomic E-state index is 16.1. The molecule has 4 rings (SSSR count). The SMILES string of the molecule is CC(C)OC(=O)[C@H](C)N[P@@](=O)(Oc1ccccc1)[C@H](F)c1ccc2sc(C(=O)Oc3c(F)c(F)c(F)c(F)c3F)cc2c1. The molecule has 0 aliphatic carbocycles. The van der Waals surface area contributed by atoms with Gasteiger partial charge in [-0.3, -0.25) is 9.36 Å². The monoisotopic (exact) mass is 645 g/mol. The van der Waals surface area contributed by atoms with E-state index in [9.17, 15) is 36.1 Å². The van der Waals surface area contributed by atoms with Gasteiger partial charge in [0.05, 0.1) is 6.10 Å². The number of alkyl halides is 1. The van der Waals surface area contributed by atoms with Gasteiger partial charge in [-0.15, -0.1) is 11.3 Å². The fourth-order valence-corrected chi connectivity index (χ4v) is 6.59. The minimum absolute atomic E-state index is 0.0418. The van der Waals surface area contributed by atoms with E-state index in [4.69, 9.17) is 9.26 Å². The fourth-order valence-electron chi connectivity index (χ4n) is 3.76. The van der Waals surface area contributed by atoms with Crippen molar-refractivity contribution in [1.29, 1.82) is 0 Å². The number of hydrogen-bond donors (Lipinski definition) is 1. The third-order valence-corrected chi connectivity index (χ3v) is 8.96. The molecule has 0 radical (unpaired) electrons. The average Bonchev–Trinajstić information content (AvgIpc) is 3.40. The number of ether oxygens (including phenoxy) is 2. The lowest BCUT2D eigenvalue weighted by atomic mass is 10.2. The van der Waals surface area contributed by atoms with E-state index in [1.165, 1.54) is 37.3 Å². The lowest BCUT2D eigenvalue weighted by Crippen LogP contribution is -2.36. The molecule has 0 amide bonds. The zero-order valence-corrected chi connectivity index (χ0v) is 24.2. The highest BCUT2D eigenvalue weighted by Gasteiger charge is 2.41. The molecule has 0 saturated carbocycles. The predicted octanol–water partition coefficient (Wildman–Crippen LogP) is 7.99. The normalized spacial score (nSPS) is 14.3. The summed E-state index contributed by atoms with van der Waals surface area (Å²) in [7, 11) is -4.56. The minimum Gasteiger partial charge on any atom is -0.462 e. The van der Waals surface area contributed by atoms with Crippen molar-refractivity contribution in [3.05, 3.63) is 94.1 Å². The Labute approximate surface area is 244 Å². The Hall–Kier alpha value is -3.87. The summed E-state index contributed by atoms with van der Waals surface area (Å²) in [6.07, 6.45) is -0.497. The summed E-state index contributed by atoms with van der Waals surface area (Å²) in [6, 6.07) is 11.3. The Morgan fingerprint density at radius 1 is 0.860 bits per heavy atom. The first-order valence-electron chi connectivity index (χ1n) is 12.5. The smallest absolute Gasteiger partial charge is 0.355 e. The lowest BCUT2D eigenvalue weighted by molar-refractivity contribution is -0.149. The highest BCUT2D eigenvalue weighted by atomic mass is 32.1. The molecule has 0 saturated heterocycles. The molecule has 15 heteroatoms. The molecule has 1 aromatic heterocycles. The van der Waals surface area contributed by atoms with Crippen LogP contribution < -0.4 is 14.3 Å². The molecule has 7 nitrogen and oxygen atoms in total. The van der Waals surface area contributed by atoms with Crippen LogP contribution in [0.5, 0.6) is 11.5 Å². The van der Waals surface area contributed by atoms with Crippen LogP contribution in [-0.2, 0) is 14.1 Å². The van der Waals surface area contributed by atoms with Crippen LogP contribution in [0.25, 0.3) is 10.1 Å². The molecule has 43 heavy (non-hydrogen) atoms. The summed E-state index contributed by atoms with van der Waals surface area (Å²) in [6.45, 7) is 4.53. The minimum atomic E-state index is -4.56. The van der Waals surface area contributed by atoms with Crippen molar-refractivity contribution in [2.24, 2.45) is 0 Å². The van der Waals surface area contributed by atoms with E-state index in [1.807, 2.05) is 0 Å². The lowest BCUT2D eigenvalue weighted by Gasteiger charge is -2.26. The van der Waals surface area contributed by atoms with Gasteiger partial charge in [0, 0.05) is 4.70 Å². The Morgan fingerprint density at radius 3 is 2.07 bits per heavy atom. The van der Waals surface area contributed by atoms with Crippen molar-refractivity contribution < 1.29 is 54.5 Å². The number of fused-ring (bicyclic) bond motifs is 1. The number of esters is 2. The van der Waals surface area contributed by atoms with Crippen molar-refractivity contribution in [3.63, 3.8) is 0 Å². The van der Waals surface area contributed by atoms with Gasteiger partial charge in [0.1, 0.15) is 16.7 Å². The second-order valence-electron chi connectivity index (χ2n) is 9.37. The van der Waals surface area contributed by atoms with Crippen molar-refractivity contribution >= 4 is 40.9 Å². The molecule has 3 aromatic carbocycles. The molecule has 0 fully saturated rings. The van der Waals surface area contributed by atoms with Gasteiger partial charge in [-0.05, 0) is 62.1 Å². The van der Waals surface area contributed by atoms with Crippen LogP contribution in [0, 0.1) is 29.1 Å². The zero-order valence-electron chi connectivity index (χ0n) is 22.5. The molecule has 0 unspecified atom stereocenters. The van der Waals surface area contributed by atoms with Gasteiger partial charge in [0.15, 0.2) is 0 Å². The number of benzene rings is 3. The highest BCUT2D eigenvalue weighted by Crippen LogP contribution is 2.58. The molecule has 1 heterocycles. The van der Waals surface area contributed by atoms with Crippen LogP contribution in [0.3, 0.4) is 0 Å². The summed E-state index contributed by atoms with van der Waals surface area (Å²) in [5.41, 5.74) is -0.193. The van der Waals surface area contributed by atoms with Crippen molar-refractivity contribution in [1.82, 2.24) is 5.09 Å². The second kappa shape index (κ2) is 12.8. The molecule has 228 valence electrons. The van der Waals surface area contributed by atoms with Gasteiger partial charge in [-0.1, -0.05) is 24.3 Å². The molecule has 4 aromatic rings. The molecule has 0 aliphatic heterocycles. The summed E-state index contributed by atoms with van der Waals surface area (Å²) in [4.78, 5) is 24.6. The standard InChI is InChI=1S/C28H22F6NO6PS/c1-13(2)39-27(36)14(3)35-42(38,41-17-7-5-4-6-8-17)26(34)15-9-10-18-16(11-15)12-19(43-18)28(37)40-25-23(32)21(30)20(29)22(31)24(25)33/h4-14,26H,1-3H3,(H,35,38)/t14-,26-,42-/m0/s1. The number of rotatable bonds is 10. The number of nitrogens with one attached hydrogen (secondary N) is 1. The van der Waals surface area contributed by atoms with Gasteiger partial charge in [0.2, 0.25) is 40.7 Å². The largest absolute Gasteiger partial charge is 0.462 e. The van der Waals surface area contributed by atoms with E-state index < -0.39 is 72.4 Å². The molecule has 1 N–H and O–H groups in total. The van der Waals surface area contributed by atoms with Gasteiger partial charge < -0.3 is 14.0 Å². The number of carbonyl (C=O) groups excluding carboxylic acids is 2. The third kappa shape index (κ3) is 6.87. The Kier molecular flexibility index (Phi) is 9.53. The van der Waals surface area contributed by atoms with E-state index in [2.05, 4.69) is 9.82 Å². The van der Waals surface area contributed by atoms with Crippen LogP contribution in [0.15, 0.2) is 54.6 Å². The average molecular weight is 646 g/mol. The van der Waals surface area contributed by atoms with Crippen LogP contribution in [0.2, 0.25) is 0 Å². The molecular weight excluding hydrogens is 623 g/mol. The van der Waals surface area contributed by atoms with Crippen LogP contribution in [-0.4, -0.2) is 24.1 Å². The highest BCUT2D eigenvalue weighted by molar-refractivity contribution is 7.57. The molecule has 3 atom stereocenters. The van der Waals surface area contributed by atoms with E-state index in [1.54, 1.807) is 32.0 Å². The first kappa shape index (κ1) is 32.1. The Bertz CT molecular complexity index is 1700. The number of thiophene rings is 1. The van der Waals surface area contributed by atoms with Crippen molar-refractivity contribution in [2.45, 2.75) is 38.8 Å². The van der Waals surface area contributed by atoms with Gasteiger partial charge >= 0.3 is 19.5 Å². The molecule has 0 bridgehead atoms. The van der Waals surface area contributed by atoms with E-state index in [-0.39, 0.29) is 21.6 Å². The van der Waals surface area contributed by atoms with Crippen LogP contribution >= 0.6 is 18.9 Å². The molecule has 0 spiro atoms. The first-order valence-corrected chi connectivity index (χ1v) is 15.0. The Morgan fingerprint density at radius 2 is 1.47 bits per heavy atom. The summed E-state index contributed by atoms with van der Waals surface area (Å²) < 4.78 is 114. The first-order chi connectivity index (χ1) is 20.2. The second-order valence-corrected chi connectivity index (χ2v) is 12.5. The van der Waals surface area contributed by atoms with E-state index in [0.717, 1.165) is 17.4 Å². The third-order valence-electron chi connectivity index (χ3n) is 5.74. The Balaban J connectivity index is 1.64. The van der Waals surface area contributed by atoms with Gasteiger partial charge in [0.25, 0.3) is 0 Å². The number of hydrogen-bond acceptors (Lipinski definition) is 7. The summed E-state index contributed by atoms with van der Waals surface area (Å²) in [5, 5.41) is 2.61. The topological polar surface area (TPSA) is 90.9 Å².